The number of ether oxygens (including phenoxy) is 2. The fourth-order valence-electron chi connectivity index (χ4n) is 1.91. The molecule has 2 N–H and O–H groups in total. The molecule has 0 saturated carbocycles. The van der Waals surface area contributed by atoms with Crippen LogP contribution >= 0.6 is 0 Å². The normalized spacial score (nSPS) is 18.1. The Hall–Kier alpha value is -2.24. The van der Waals surface area contributed by atoms with E-state index in [4.69, 9.17) is 14.6 Å². The van der Waals surface area contributed by atoms with Crippen LogP contribution in [-0.4, -0.2) is 36.2 Å². The number of hydrogen-bond donors (Lipinski definition) is 2. The van der Waals surface area contributed by atoms with Gasteiger partial charge in [-0.1, -0.05) is 19.1 Å². The minimum Gasteiger partial charge on any atom is -0.485 e. The number of carboxylic acids is 1. The highest BCUT2D eigenvalue weighted by Crippen LogP contribution is 2.30. The second-order valence-electron chi connectivity index (χ2n) is 4.81. The van der Waals surface area contributed by atoms with Crippen LogP contribution in [0.5, 0.6) is 11.5 Å². The maximum absolute atomic E-state index is 11.9. The number of hydrogen-bond acceptors (Lipinski definition) is 4. The third-order valence-electron chi connectivity index (χ3n) is 2.95. The van der Waals surface area contributed by atoms with Gasteiger partial charge in [0, 0.05) is 13.0 Å². The van der Waals surface area contributed by atoms with Crippen molar-refractivity contribution in [3.05, 3.63) is 24.3 Å². The average molecular weight is 279 g/mol. The minimum atomic E-state index is -0.877. The van der Waals surface area contributed by atoms with Gasteiger partial charge in [-0.25, -0.2) is 0 Å². The van der Waals surface area contributed by atoms with Crippen molar-refractivity contribution in [3.8, 4) is 11.5 Å². The summed E-state index contributed by atoms with van der Waals surface area (Å²) in [6.07, 6.45) is -0.688. The van der Waals surface area contributed by atoms with E-state index in [0.29, 0.717) is 18.0 Å². The van der Waals surface area contributed by atoms with E-state index in [1.165, 1.54) is 0 Å². The van der Waals surface area contributed by atoms with Crippen LogP contribution in [0.3, 0.4) is 0 Å². The maximum Gasteiger partial charge on any atom is 0.303 e. The predicted molar refractivity (Wildman–Crippen MR) is 70.8 cm³/mol. The summed E-state index contributed by atoms with van der Waals surface area (Å²) < 4.78 is 11.0. The molecule has 0 radical (unpaired) electrons. The van der Waals surface area contributed by atoms with E-state index in [1.807, 2.05) is 6.07 Å². The van der Waals surface area contributed by atoms with Gasteiger partial charge in [0.15, 0.2) is 11.5 Å². The molecule has 0 saturated heterocycles. The molecule has 6 nitrogen and oxygen atoms in total. The maximum atomic E-state index is 11.9. The minimum absolute atomic E-state index is 0.0190. The smallest absolute Gasteiger partial charge is 0.303 e. The van der Waals surface area contributed by atoms with Crippen molar-refractivity contribution in [2.75, 3.05) is 13.2 Å². The van der Waals surface area contributed by atoms with Crippen molar-refractivity contribution >= 4 is 11.9 Å². The van der Waals surface area contributed by atoms with Crippen molar-refractivity contribution in [2.45, 2.75) is 19.4 Å². The van der Waals surface area contributed by atoms with Gasteiger partial charge in [0.05, 0.1) is 0 Å². The number of rotatable bonds is 5. The predicted octanol–water partition coefficient (Wildman–Crippen LogP) is 1.05. The van der Waals surface area contributed by atoms with E-state index in [2.05, 4.69) is 5.32 Å². The molecule has 2 atom stereocenters. The first-order valence-electron chi connectivity index (χ1n) is 6.44. The second-order valence-corrected chi connectivity index (χ2v) is 4.81. The molecule has 108 valence electrons. The summed E-state index contributed by atoms with van der Waals surface area (Å²) >= 11 is 0. The molecule has 2 unspecified atom stereocenters. The highest BCUT2D eigenvalue weighted by atomic mass is 16.6. The first kappa shape index (κ1) is 14.2. The summed E-state index contributed by atoms with van der Waals surface area (Å²) in [5, 5.41) is 11.3. The molecule has 1 aromatic carbocycles. The van der Waals surface area contributed by atoms with E-state index < -0.39 is 12.1 Å². The molecular weight excluding hydrogens is 262 g/mol. The highest BCUT2D eigenvalue weighted by Gasteiger charge is 2.27. The van der Waals surface area contributed by atoms with Crippen LogP contribution in [0.2, 0.25) is 0 Å². The van der Waals surface area contributed by atoms with E-state index in [1.54, 1.807) is 25.1 Å². The standard InChI is InChI=1S/C14H17NO5/c1-9(6-13(16)17)7-15-14(18)12-8-19-10-4-2-3-5-11(10)20-12/h2-5,9,12H,6-8H2,1H3,(H,15,18)(H,16,17). The van der Waals surface area contributed by atoms with Gasteiger partial charge in [0.25, 0.3) is 5.91 Å². The number of carbonyl (C=O) groups is 2. The topological polar surface area (TPSA) is 84.9 Å². The molecule has 6 heteroatoms. The zero-order valence-electron chi connectivity index (χ0n) is 11.2. The van der Waals surface area contributed by atoms with Gasteiger partial charge >= 0.3 is 5.97 Å². The molecule has 1 amide bonds. The number of aliphatic carboxylic acids is 1. The number of benzene rings is 1. The Morgan fingerprint density at radius 3 is 2.80 bits per heavy atom. The average Bonchev–Trinajstić information content (AvgIpc) is 2.43. The molecule has 0 aliphatic carbocycles. The Balaban J connectivity index is 1.84. The van der Waals surface area contributed by atoms with E-state index in [9.17, 15) is 9.59 Å². The van der Waals surface area contributed by atoms with Gasteiger partial charge in [-0.05, 0) is 18.1 Å². The lowest BCUT2D eigenvalue weighted by Crippen LogP contribution is -2.45. The van der Waals surface area contributed by atoms with Gasteiger partial charge < -0.3 is 19.9 Å². The van der Waals surface area contributed by atoms with Crippen molar-refractivity contribution in [1.29, 1.82) is 0 Å². The van der Waals surface area contributed by atoms with E-state index in [-0.39, 0.29) is 24.9 Å². The summed E-state index contributed by atoms with van der Waals surface area (Å²) in [4.78, 5) is 22.5. The first-order valence-corrected chi connectivity index (χ1v) is 6.44. The summed E-state index contributed by atoms with van der Waals surface area (Å²) in [5.74, 6) is -0.142. The summed E-state index contributed by atoms with van der Waals surface area (Å²) in [5.41, 5.74) is 0. The fourth-order valence-corrected chi connectivity index (χ4v) is 1.91. The van der Waals surface area contributed by atoms with Crippen molar-refractivity contribution in [3.63, 3.8) is 0 Å². The number of para-hydroxylation sites is 2. The first-order chi connectivity index (χ1) is 9.56. The third-order valence-corrected chi connectivity index (χ3v) is 2.95. The van der Waals surface area contributed by atoms with Crippen LogP contribution < -0.4 is 14.8 Å². The van der Waals surface area contributed by atoms with Gasteiger partial charge in [-0.2, -0.15) is 0 Å². The van der Waals surface area contributed by atoms with Crippen LogP contribution in [-0.2, 0) is 9.59 Å². The number of amides is 1. The number of fused-ring (bicyclic) bond motifs is 1. The van der Waals surface area contributed by atoms with Crippen molar-refractivity contribution < 1.29 is 24.2 Å². The van der Waals surface area contributed by atoms with Crippen LogP contribution in [0.4, 0.5) is 0 Å². The number of nitrogens with one attached hydrogen (secondary N) is 1. The van der Waals surface area contributed by atoms with E-state index >= 15 is 0 Å². The number of carboxylic acid groups (broad SMARTS) is 1. The van der Waals surface area contributed by atoms with Gasteiger partial charge in [0.2, 0.25) is 6.10 Å². The lowest BCUT2D eigenvalue weighted by molar-refractivity contribution is -0.138. The lowest BCUT2D eigenvalue weighted by atomic mass is 10.1. The Morgan fingerprint density at radius 1 is 1.40 bits per heavy atom. The van der Waals surface area contributed by atoms with Gasteiger partial charge in [0.1, 0.15) is 6.61 Å². The third kappa shape index (κ3) is 3.63. The zero-order chi connectivity index (χ0) is 14.5. The summed E-state index contributed by atoms with van der Waals surface area (Å²) in [6.45, 7) is 2.21. The molecule has 2 rings (SSSR count). The number of carbonyl (C=O) groups excluding carboxylic acids is 1. The molecule has 1 aliphatic heterocycles. The van der Waals surface area contributed by atoms with Crippen LogP contribution in [0.15, 0.2) is 24.3 Å². The molecule has 1 aliphatic rings. The van der Waals surface area contributed by atoms with Gasteiger partial charge in [-0.15, -0.1) is 0 Å². The highest BCUT2D eigenvalue weighted by molar-refractivity contribution is 5.81. The molecule has 0 fully saturated rings. The van der Waals surface area contributed by atoms with Crippen molar-refractivity contribution in [2.24, 2.45) is 5.92 Å². The Labute approximate surface area is 116 Å². The summed E-state index contributed by atoms with van der Waals surface area (Å²) in [7, 11) is 0. The molecular formula is C14H17NO5. The zero-order valence-corrected chi connectivity index (χ0v) is 11.2. The molecule has 20 heavy (non-hydrogen) atoms. The fraction of sp³-hybridized carbons (Fsp3) is 0.429. The molecule has 1 heterocycles. The molecule has 0 aromatic heterocycles. The lowest BCUT2D eigenvalue weighted by Gasteiger charge is -2.25. The largest absolute Gasteiger partial charge is 0.485 e. The van der Waals surface area contributed by atoms with Crippen LogP contribution in [0.25, 0.3) is 0 Å². The molecule has 0 spiro atoms. The Bertz CT molecular complexity index is 502. The monoisotopic (exact) mass is 279 g/mol. The molecule has 1 aromatic rings. The SMILES string of the molecule is CC(CNC(=O)C1COc2ccccc2O1)CC(=O)O. The van der Waals surface area contributed by atoms with Crippen molar-refractivity contribution in [1.82, 2.24) is 5.32 Å². The van der Waals surface area contributed by atoms with E-state index in [0.717, 1.165) is 0 Å². The second kappa shape index (κ2) is 6.27. The molecule has 0 bridgehead atoms. The van der Waals surface area contributed by atoms with Crippen LogP contribution in [0, 0.1) is 5.92 Å². The quantitative estimate of drug-likeness (QED) is 0.841. The Morgan fingerprint density at radius 2 is 2.10 bits per heavy atom. The Kier molecular flexibility index (Phi) is 4.45. The van der Waals surface area contributed by atoms with Crippen LogP contribution in [0.1, 0.15) is 13.3 Å². The van der Waals surface area contributed by atoms with Gasteiger partial charge in [-0.3, -0.25) is 9.59 Å². The summed E-state index contributed by atoms with van der Waals surface area (Å²) in [6, 6.07) is 7.15.